The van der Waals surface area contributed by atoms with Gasteiger partial charge < -0.3 is 10.3 Å². The van der Waals surface area contributed by atoms with E-state index in [0.717, 1.165) is 21.2 Å². The Balaban J connectivity index is 2.23. The van der Waals surface area contributed by atoms with Crippen LogP contribution in [0.25, 0.3) is 22.5 Å². The third kappa shape index (κ3) is 2.32. The number of hydrogen-bond acceptors (Lipinski definition) is 3. The van der Waals surface area contributed by atoms with Crippen LogP contribution in [-0.4, -0.2) is 5.16 Å². The number of aromatic nitrogens is 1. The van der Waals surface area contributed by atoms with E-state index < -0.39 is 0 Å². The minimum absolute atomic E-state index is 0.345. The second-order valence-electron chi connectivity index (χ2n) is 4.26. The summed E-state index contributed by atoms with van der Waals surface area (Å²) in [5.41, 5.74) is 8.47. The van der Waals surface area contributed by atoms with Crippen molar-refractivity contribution in [2.75, 3.05) is 5.73 Å². The van der Waals surface area contributed by atoms with Crippen LogP contribution in [0, 0.1) is 0 Å². The van der Waals surface area contributed by atoms with E-state index in [1.165, 1.54) is 0 Å². The molecule has 0 unspecified atom stereocenters. The predicted molar refractivity (Wildman–Crippen MR) is 84.5 cm³/mol. The highest BCUT2D eigenvalue weighted by Gasteiger charge is 2.19. The molecule has 0 bridgehead atoms. The maximum absolute atomic E-state index is 6.04. The van der Waals surface area contributed by atoms with Crippen molar-refractivity contribution in [3.63, 3.8) is 0 Å². The number of benzene rings is 2. The first-order chi connectivity index (χ1) is 9.66. The molecule has 0 aliphatic carbocycles. The van der Waals surface area contributed by atoms with Crippen LogP contribution in [0.1, 0.15) is 0 Å². The van der Waals surface area contributed by atoms with Gasteiger partial charge in [0.2, 0.25) is 0 Å². The van der Waals surface area contributed by atoms with Crippen molar-refractivity contribution in [3.05, 3.63) is 58.0 Å². The fourth-order valence-electron chi connectivity index (χ4n) is 2.05. The molecule has 0 aliphatic heterocycles. The molecule has 2 N–H and O–H groups in total. The Morgan fingerprint density at radius 2 is 1.90 bits per heavy atom. The van der Waals surface area contributed by atoms with Crippen molar-refractivity contribution < 1.29 is 4.52 Å². The van der Waals surface area contributed by atoms with Crippen molar-refractivity contribution in [1.82, 2.24) is 5.16 Å². The van der Waals surface area contributed by atoms with E-state index >= 15 is 0 Å². The number of nitrogens with zero attached hydrogens (tertiary/aromatic N) is 1. The molecule has 0 spiro atoms. The summed E-state index contributed by atoms with van der Waals surface area (Å²) < 4.78 is 6.32. The lowest BCUT2D eigenvalue weighted by atomic mass is 10.0. The average molecular weight is 350 g/mol. The van der Waals surface area contributed by atoms with E-state index in [1.54, 1.807) is 0 Å². The third-order valence-electron chi connectivity index (χ3n) is 2.95. The highest BCUT2D eigenvalue weighted by atomic mass is 79.9. The SMILES string of the molecule is Nc1noc(-c2ccccc2Br)c1-c1cccc(Cl)c1. The zero-order valence-electron chi connectivity index (χ0n) is 10.3. The summed E-state index contributed by atoms with van der Waals surface area (Å²) in [6, 6.07) is 15.2. The van der Waals surface area contributed by atoms with Crippen molar-refractivity contribution in [2.45, 2.75) is 0 Å². The second kappa shape index (κ2) is 5.31. The molecule has 0 aliphatic rings. The molecule has 0 radical (unpaired) electrons. The molecule has 20 heavy (non-hydrogen) atoms. The zero-order chi connectivity index (χ0) is 14.1. The van der Waals surface area contributed by atoms with E-state index in [1.807, 2.05) is 48.5 Å². The van der Waals surface area contributed by atoms with Crippen molar-refractivity contribution in [2.24, 2.45) is 0 Å². The number of nitrogen functional groups attached to an aromatic ring is 1. The largest absolute Gasteiger partial charge is 0.380 e. The summed E-state index contributed by atoms with van der Waals surface area (Å²) in [6.45, 7) is 0. The summed E-state index contributed by atoms with van der Waals surface area (Å²) in [5.74, 6) is 0.968. The zero-order valence-corrected chi connectivity index (χ0v) is 12.6. The van der Waals surface area contributed by atoms with E-state index in [2.05, 4.69) is 21.1 Å². The Bertz CT molecular complexity index is 770. The average Bonchev–Trinajstić information content (AvgIpc) is 2.81. The lowest BCUT2D eigenvalue weighted by Crippen LogP contribution is -1.89. The molecule has 0 saturated heterocycles. The summed E-state index contributed by atoms with van der Waals surface area (Å²) in [4.78, 5) is 0. The van der Waals surface area contributed by atoms with Crippen LogP contribution >= 0.6 is 27.5 Å². The minimum atomic E-state index is 0.345. The van der Waals surface area contributed by atoms with Gasteiger partial charge in [0.15, 0.2) is 11.6 Å². The van der Waals surface area contributed by atoms with Crippen LogP contribution in [0.15, 0.2) is 57.5 Å². The van der Waals surface area contributed by atoms with Gasteiger partial charge in [0.1, 0.15) is 0 Å². The standard InChI is InChI=1S/C15H10BrClN2O/c16-12-7-2-1-6-11(12)14-13(15(18)19-20-14)9-4-3-5-10(17)8-9/h1-8H,(H2,18,19). The van der Waals surface area contributed by atoms with Crippen LogP contribution in [0.5, 0.6) is 0 Å². The van der Waals surface area contributed by atoms with Crippen LogP contribution in [-0.2, 0) is 0 Å². The molecule has 3 rings (SSSR count). The van der Waals surface area contributed by atoms with Gasteiger partial charge in [-0.3, -0.25) is 0 Å². The number of halogens is 2. The van der Waals surface area contributed by atoms with Crippen molar-refractivity contribution in [3.8, 4) is 22.5 Å². The molecule has 2 aromatic carbocycles. The lowest BCUT2D eigenvalue weighted by Gasteiger charge is -2.05. The molecule has 0 saturated carbocycles. The number of anilines is 1. The number of nitrogens with two attached hydrogens (primary N) is 1. The Morgan fingerprint density at radius 3 is 2.65 bits per heavy atom. The molecule has 0 atom stereocenters. The molecule has 3 aromatic rings. The highest BCUT2D eigenvalue weighted by Crippen LogP contribution is 2.39. The van der Waals surface area contributed by atoms with E-state index in [0.29, 0.717) is 16.6 Å². The van der Waals surface area contributed by atoms with Gasteiger partial charge in [0.25, 0.3) is 0 Å². The summed E-state index contributed by atoms with van der Waals surface area (Å²) >= 11 is 9.55. The van der Waals surface area contributed by atoms with Gasteiger partial charge in [-0.25, -0.2) is 0 Å². The molecule has 0 amide bonds. The van der Waals surface area contributed by atoms with Crippen molar-refractivity contribution >= 4 is 33.3 Å². The molecule has 1 heterocycles. The first-order valence-electron chi connectivity index (χ1n) is 5.93. The van der Waals surface area contributed by atoms with Crippen LogP contribution < -0.4 is 5.73 Å². The fraction of sp³-hybridized carbons (Fsp3) is 0. The maximum Gasteiger partial charge on any atom is 0.178 e. The van der Waals surface area contributed by atoms with Crippen LogP contribution in [0.4, 0.5) is 5.82 Å². The van der Waals surface area contributed by atoms with Gasteiger partial charge in [-0.15, -0.1) is 0 Å². The smallest absolute Gasteiger partial charge is 0.178 e. The number of hydrogen-bond donors (Lipinski definition) is 1. The summed E-state index contributed by atoms with van der Waals surface area (Å²) in [6.07, 6.45) is 0. The van der Waals surface area contributed by atoms with Gasteiger partial charge in [-0.1, -0.05) is 57.0 Å². The first-order valence-corrected chi connectivity index (χ1v) is 7.10. The van der Waals surface area contributed by atoms with Gasteiger partial charge in [0, 0.05) is 15.1 Å². The minimum Gasteiger partial charge on any atom is -0.380 e. The third-order valence-corrected chi connectivity index (χ3v) is 3.88. The van der Waals surface area contributed by atoms with E-state index in [9.17, 15) is 0 Å². The normalized spacial score (nSPS) is 10.7. The van der Waals surface area contributed by atoms with Gasteiger partial charge in [-0.2, -0.15) is 0 Å². The van der Waals surface area contributed by atoms with E-state index in [4.69, 9.17) is 21.9 Å². The topological polar surface area (TPSA) is 52.0 Å². The maximum atomic E-state index is 6.04. The fourth-order valence-corrected chi connectivity index (χ4v) is 2.71. The first kappa shape index (κ1) is 13.2. The Kier molecular flexibility index (Phi) is 3.51. The van der Waals surface area contributed by atoms with E-state index in [-0.39, 0.29) is 0 Å². The Hall–Kier alpha value is -1.78. The van der Waals surface area contributed by atoms with Gasteiger partial charge >= 0.3 is 0 Å². The Morgan fingerprint density at radius 1 is 1.10 bits per heavy atom. The lowest BCUT2D eigenvalue weighted by molar-refractivity contribution is 0.436. The molecule has 5 heteroatoms. The highest BCUT2D eigenvalue weighted by molar-refractivity contribution is 9.10. The van der Waals surface area contributed by atoms with Gasteiger partial charge in [0.05, 0.1) is 5.56 Å². The molecule has 1 aromatic heterocycles. The molecule has 3 nitrogen and oxygen atoms in total. The molecular formula is C15H10BrClN2O. The quantitative estimate of drug-likeness (QED) is 0.708. The van der Waals surface area contributed by atoms with Gasteiger partial charge in [-0.05, 0) is 29.8 Å². The molecular weight excluding hydrogens is 340 g/mol. The molecule has 0 fully saturated rings. The number of rotatable bonds is 2. The summed E-state index contributed by atoms with van der Waals surface area (Å²) in [7, 11) is 0. The summed E-state index contributed by atoms with van der Waals surface area (Å²) in [5, 5.41) is 4.52. The van der Waals surface area contributed by atoms with Crippen molar-refractivity contribution in [1.29, 1.82) is 0 Å². The molecule has 100 valence electrons. The monoisotopic (exact) mass is 348 g/mol. The predicted octanol–water partition coefficient (Wildman–Crippen LogP) is 5.01. The van der Waals surface area contributed by atoms with Crippen LogP contribution in [0.2, 0.25) is 5.02 Å². The Labute approximate surface area is 129 Å². The second-order valence-corrected chi connectivity index (χ2v) is 5.55. The van der Waals surface area contributed by atoms with Crippen LogP contribution in [0.3, 0.4) is 0 Å².